The third-order valence-corrected chi connectivity index (χ3v) is 5.92. The molecule has 0 saturated heterocycles. The molecule has 0 aliphatic rings. The Morgan fingerprint density at radius 3 is 1.46 bits per heavy atom. The molecule has 168 valence electrons. The molecular formula is C25H51NO2. The predicted octanol–water partition coefficient (Wildman–Crippen LogP) is 7.82. The second-order valence-electron chi connectivity index (χ2n) is 8.67. The number of nitrogens with zero attached hydrogens (tertiary/aromatic N) is 1. The monoisotopic (exact) mass is 397 g/mol. The van der Waals surface area contributed by atoms with Crippen LogP contribution in [0.4, 0.5) is 0 Å². The highest BCUT2D eigenvalue weighted by atomic mass is 16.4. The molecule has 0 amide bonds. The highest BCUT2D eigenvalue weighted by Gasteiger charge is 2.20. The van der Waals surface area contributed by atoms with E-state index in [1.165, 1.54) is 103 Å². The SMILES string of the molecule is CCCCCCCCN(CCCCCCCC)C(CCCCCC)CC(=O)O. The summed E-state index contributed by atoms with van der Waals surface area (Å²) >= 11 is 0. The summed E-state index contributed by atoms with van der Waals surface area (Å²) in [6.07, 6.45) is 22.0. The van der Waals surface area contributed by atoms with Crippen molar-refractivity contribution in [2.45, 2.75) is 142 Å². The fourth-order valence-corrected chi connectivity index (χ4v) is 4.09. The number of hydrogen-bond donors (Lipinski definition) is 1. The van der Waals surface area contributed by atoms with Crippen LogP contribution in [-0.4, -0.2) is 35.1 Å². The largest absolute Gasteiger partial charge is 0.481 e. The molecule has 0 bridgehead atoms. The molecule has 3 nitrogen and oxygen atoms in total. The molecule has 0 aliphatic carbocycles. The molecule has 0 aromatic rings. The predicted molar refractivity (Wildman–Crippen MR) is 123 cm³/mol. The lowest BCUT2D eigenvalue weighted by molar-refractivity contribution is -0.138. The van der Waals surface area contributed by atoms with E-state index in [9.17, 15) is 9.90 Å². The Labute approximate surface area is 176 Å². The summed E-state index contributed by atoms with van der Waals surface area (Å²) in [6, 6.07) is 0.237. The summed E-state index contributed by atoms with van der Waals surface area (Å²) in [5.74, 6) is -0.628. The summed E-state index contributed by atoms with van der Waals surface area (Å²) < 4.78 is 0. The van der Waals surface area contributed by atoms with Crippen LogP contribution in [0.1, 0.15) is 136 Å². The number of hydrogen-bond acceptors (Lipinski definition) is 2. The van der Waals surface area contributed by atoms with Gasteiger partial charge in [-0.15, -0.1) is 0 Å². The lowest BCUT2D eigenvalue weighted by Crippen LogP contribution is -2.38. The second kappa shape index (κ2) is 21.1. The minimum absolute atomic E-state index is 0.237. The van der Waals surface area contributed by atoms with Crippen molar-refractivity contribution in [1.82, 2.24) is 4.90 Å². The van der Waals surface area contributed by atoms with Gasteiger partial charge in [0.15, 0.2) is 0 Å². The third-order valence-electron chi connectivity index (χ3n) is 5.92. The molecule has 0 aromatic heterocycles. The van der Waals surface area contributed by atoms with Gasteiger partial charge < -0.3 is 5.11 Å². The number of aliphatic carboxylic acids is 1. The first-order valence-corrected chi connectivity index (χ1v) is 12.6. The maximum absolute atomic E-state index is 11.5. The number of unbranched alkanes of at least 4 members (excludes halogenated alkanes) is 13. The van der Waals surface area contributed by atoms with Gasteiger partial charge in [0.25, 0.3) is 0 Å². The Balaban J connectivity index is 4.49. The third kappa shape index (κ3) is 17.5. The minimum Gasteiger partial charge on any atom is -0.481 e. The molecule has 28 heavy (non-hydrogen) atoms. The summed E-state index contributed by atoms with van der Waals surface area (Å²) in [4.78, 5) is 14.0. The summed E-state index contributed by atoms with van der Waals surface area (Å²) in [5, 5.41) is 9.45. The van der Waals surface area contributed by atoms with E-state index in [2.05, 4.69) is 25.7 Å². The van der Waals surface area contributed by atoms with Gasteiger partial charge >= 0.3 is 5.97 Å². The molecule has 0 aliphatic heterocycles. The van der Waals surface area contributed by atoms with Crippen LogP contribution in [0, 0.1) is 0 Å². The van der Waals surface area contributed by atoms with Gasteiger partial charge in [-0.2, -0.15) is 0 Å². The van der Waals surface area contributed by atoms with Gasteiger partial charge in [0, 0.05) is 6.04 Å². The van der Waals surface area contributed by atoms with E-state index in [1.54, 1.807) is 0 Å². The Kier molecular flexibility index (Phi) is 20.7. The van der Waals surface area contributed by atoms with Crippen LogP contribution in [0.5, 0.6) is 0 Å². The first-order valence-electron chi connectivity index (χ1n) is 12.6. The van der Waals surface area contributed by atoms with Crippen LogP contribution in [0.15, 0.2) is 0 Å². The molecule has 0 radical (unpaired) electrons. The van der Waals surface area contributed by atoms with E-state index >= 15 is 0 Å². The first kappa shape index (κ1) is 27.4. The van der Waals surface area contributed by atoms with E-state index in [4.69, 9.17) is 0 Å². The average Bonchev–Trinajstić information content (AvgIpc) is 2.67. The Hall–Kier alpha value is -0.570. The highest BCUT2D eigenvalue weighted by Crippen LogP contribution is 2.18. The van der Waals surface area contributed by atoms with Crippen molar-refractivity contribution in [3.63, 3.8) is 0 Å². The number of rotatable bonds is 22. The van der Waals surface area contributed by atoms with Crippen molar-refractivity contribution in [1.29, 1.82) is 0 Å². The molecule has 1 N–H and O–H groups in total. The van der Waals surface area contributed by atoms with Gasteiger partial charge in [-0.1, -0.05) is 111 Å². The zero-order chi connectivity index (χ0) is 20.9. The van der Waals surface area contributed by atoms with Gasteiger partial charge in [-0.25, -0.2) is 0 Å². The number of carboxylic acids is 1. The minimum atomic E-state index is -0.628. The van der Waals surface area contributed by atoms with Crippen molar-refractivity contribution in [3.05, 3.63) is 0 Å². The molecule has 0 rings (SSSR count). The topological polar surface area (TPSA) is 40.5 Å². The summed E-state index contributed by atoms with van der Waals surface area (Å²) in [6.45, 7) is 8.94. The second-order valence-corrected chi connectivity index (χ2v) is 8.67. The molecule has 0 saturated carbocycles. The van der Waals surface area contributed by atoms with Gasteiger partial charge in [0.05, 0.1) is 6.42 Å². The van der Waals surface area contributed by atoms with Gasteiger partial charge in [0.2, 0.25) is 0 Å². The summed E-state index contributed by atoms with van der Waals surface area (Å²) in [7, 11) is 0. The smallest absolute Gasteiger partial charge is 0.304 e. The number of carboxylic acid groups (broad SMARTS) is 1. The lowest BCUT2D eigenvalue weighted by atomic mass is 10.0. The van der Waals surface area contributed by atoms with Crippen LogP contribution in [0.25, 0.3) is 0 Å². The van der Waals surface area contributed by atoms with Crippen LogP contribution in [0.2, 0.25) is 0 Å². The Bertz CT molecular complexity index is 317. The van der Waals surface area contributed by atoms with Crippen molar-refractivity contribution < 1.29 is 9.90 Å². The van der Waals surface area contributed by atoms with Crippen molar-refractivity contribution in [2.24, 2.45) is 0 Å². The van der Waals surface area contributed by atoms with E-state index < -0.39 is 5.97 Å². The molecule has 0 aromatic carbocycles. The maximum Gasteiger partial charge on any atom is 0.304 e. The van der Waals surface area contributed by atoms with Crippen molar-refractivity contribution in [2.75, 3.05) is 13.1 Å². The van der Waals surface area contributed by atoms with E-state index in [0.717, 1.165) is 19.5 Å². The highest BCUT2D eigenvalue weighted by molar-refractivity contribution is 5.67. The fraction of sp³-hybridized carbons (Fsp3) is 0.960. The molecule has 3 heteroatoms. The van der Waals surface area contributed by atoms with Crippen molar-refractivity contribution >= 4 is 5.97 Å². The van der Waals surface area contributed by atoms with E-state index in [1.807, 2.05) is 0 Å². The molecule has 0 heterocycles. The zero-order valence-electron chi connectivity index (χ0n) is 19.5. The van der Waals surface area contributed by atoms with Crippen LogP contribution < -0.4 is 0 Å². The molecular weight excluding hydrogens is 346 g/mol. The van der Waals surface area contributed by atoms with Crippen LogP contribution in [-0.2, 0) is 4.79 Å². The fourth-order valence-electron chi connectivity index (χ4n) is 4.09. The molecule has 0 spiro atoms. The van der Waals surface area contributed by atoms with Crippen molar-refractivity contribution in [3.8, 4) is 0 Å². The van der Waals surface area contributed by atoms with E-state index in [-0.39, 0.29) is 6.04 Å². The normalized spacial score (nSPS) is 12.6. The Morgan fingerprint density at radius 2 is 1.04 bits per heavy atom. The lowest BCUT2D eigenvalue weighted by Gasteiger charge is -2.31. The van der Waals surface area contributed by atoms with Gasteiger partial charge in [-0.3, -0.25) is 9.69 Å². The molecule has 0 fully saturated rings. The number of carbonyl (C=O) groups is 1. The standard InChI is InChI=1S/C25H51NO2/c1-4-7-10-13-15-18-21-26(22-19-16-14-11-8-5-2)24(23-25(27)28)20-17-12-9-6-3/h24H,4-23H2,1-3H3,(H,27,28). The van der Waals surface area contributed by atoms with E-state index in [0.29, 0.717) is 6.42 Å². The zero-order valence-corrected chi connectivity index (χ0v) is 19.5. The van der Waals surface area contributed by atoms with Crippen LogP contribution >= 0.6 is 0 Å². The van der Waals surface area contributed by atoms with Gasteiger partial charge in [0.1, 0.15) is 0 Å². The quantitative estimate of drug-likeness (QED) is 0.189. The Morgan fingerprint density at radius 1 is 0.643 bits per heavy atom. The molecule has 1 unspecified atom stereocenters. The molecule has 1 atom stereocenters. The first-order chi connectivity index (χ1) is 13.7. The average molecular weight is 398 g/mol. The summed E-state index contributed by atoms with van der Waals surface area (Å²) in [5.41, 5.74) is 0. The van der Waals surface area contributed by atoms with Gasteiger partial charge in [-0.05, 0) is 32.4 Å². The maximum atomic E-state index is 11.5. The van der Waals surface area contributed by atoms with Crippen LogP contribution in [0.3, 0.4) is 0 Å².